The molecule has 0 radical (unpaired) electrons. The predicted octanol–water partition coefficient (Wildman–Crippen LogP) is 3.98. The van der Waals surface area contributed by atoms with Gasteiger partial charge in [-0.25, -0.2) is 0 Å². The van der Waals surface area contributed by atoms with Crippen LogP contribution in [0.25, 0.3) is 0 Å². The van der Waals surface area contributed by atoms with Gasteiger partial charge in [0.05, 0.1) is 0 Å². The van der Waals surface area contributed by atoms with Crippen molar-refractivity contribution in [2.24, 2.45) is 0 Å². The molecule has 0 aromatic carbocycles. The second kappa shape index (κ2) is 23.3. The second-order valence-corrected chi connectivity index (χ2v) is 1.44. The van der Waals surface area contributed by atoms with Crippen molar-refractivity contribution in [3.63, 3.8) is 0 Å². The van der Waals surface area contributed by atoms with E-state index >= 15 is 0 Å². The highest BCUT2D eigenvalue weighted by Gasteiger charge is 1.68. The molecule has 0 spiro atoms. The number of halogens is 1. The molecule has 0 unspecified atom stereocenters. The van der Waals surface area contributed by atoms with Crippen LogP contribution in [0.5, 0.6) is 0 Å². The van der Waals surface area contributed by atoms with Gasteiger partial charge in [0, 0.05) is 0 Å². The zero-order valence-corrected chi connectivity index (χ0v) is 8.08. The van der Waals surface area contributed by atoms with Gasteiger partial charge in [0.1, 0.15) is 0 Å². The molecule has 10 heavy (non-hydrogen) atoms. The molecule has 0 heterocycles. The SMILES string of the molecule is C=CCC/C=C\C.CC.Cl. The molecule has 0 aliphatic heterocycles. The molecule has 0 amide bonds. The molecule has 0 N–H and O–H groups in total. The van der Waals surface area contributed by atoms with E-state index < -0.39 is 0 Å². The van der Waals surface area contributed by atoms with Gasteiger partial charge >= 0.3 is 0 Å². The van der Waals surface area contributed by atoms with Crippen molar-refractivity contribution in [1.82, 2.24) is 0 Å². The van der Waals surface area contributed by atoms with Gasteiger partial charge in [-0.1, -0.05) is 32.1 Å². The maximum atomic E-state index is 3.60. The van der Waals surface area contributed by atoms with E-state index in [2.05, 4.69) is 18.7 Å². The van der Waals surface area contributed by atoms with E-state index in [9.17, 15) is 0 Å². The molecule has 0 nitrogen and oxygen atoms in total. The molecule has 0 aliphatic rings. The summed E-state index contributed by atoms with van der Waals surface area (Å²) >= 11 is 0. The Kier molecular flexibility index (Phi) is 38.2. The molecule has 0 saturated carbocycles. The number of unbranched alkanes of at least 4 members (excludes halogenated alkanes) is 1. The van der Waals surface area contributed by atoms with Crippen LogP contribution < -0.4 is 0 Å². The van der Waals surface area contributed by atoms with Crippen LogP contribution in [0.1, 0.15) is 33.6 Å². The van der Waals surface area contributed by atoms with Gasteiger partial charge in [-0.2, -0.15) is 0 Å². The number of hydrogen-bond acceptors (Lipinski definition) is 0. The molecule has 62 valence electrons. The summed E-state index contributed by atoms with van der Waals surface area (Å²) in [6.45, 7) is 9.63. The van der Waals surface area contributed by atoms with E-state index in [-0.39, 0.29) is 12.4 Å². The Morgan fingerprint density at radius 3 is 2.00 bits per heavy atom. The highest BCUT2D eigenvalue weighted by Crippen LogP contribution is 1.88. The van der Waals surface area contributed by atoms with E-state index in [0.29, 0.717) is 0 Å². The Bertz CT molecular complexity index is 65.1. The van der Waals surface area contributed by atoms with Gasteiger partial charge < -0.3 is 0 Å². The first-order chi connectivity index (χ1) is 4.41. The lowest BCUT2D eigenvalue weighted by atomic mass is 10.3. The average molecular weight is 163 g/mol. The quantitative estimate of drug-likeness (QED) is 0.435. The van der Waals surface area contributed by atoms with Crippen LogP contribution >= 0.6 is 12.4 Å². The van der Waals surface area contributed by atoms with Crippen molar-refractivity contribution in [2.45, 2.75) is 33.6 Å². The summed E-state index contributed by atoms with van der Waals surface area (Å²) in [6.07, 6.45) is 8.37. The summed E-state index contributed by atoms with van der Waals surface area (Å²) < 4.78 is 0. The van der Waals surface area contributed by atoms with E-state index in [4.69, 9.17) is 0 Å². The maximum absolute atomic E-state index is 3.60. The Balaban J connectivity index is -0.000000149. The fraction of sp³-hybridized carbons (Fsp3) is 0.556. The topological polar surface area (TPSA) is 0 Å². The van der Waals surface area contributed by atoms with Crippen molar-refractivity contribution in [3.05, 3.63) is 24.8 Å². The summed E-state index contributed by atoms with van der Waals surface area (Å²) in [5, 5.41) is 0. The monoisotopic (exact) mass is 162 g/mol. The van der Waals surface area contributed by atoms with E-state index in [0.717, 1.165) is 12.8 Å². The van der Waals surface area contributed by atoms with Gasteiger partial charge in [-0.15, -0.1) is 19.0 Å². The van der Waals surface area contributed by atoms with Crippen molar-refractivity contribution in [2.75, 3.05) is 0 Å². The largest absolute Gasteiger partial charge is 0.147 e. The Labute approximate surface area is 71.4 Å². The minimum absolute atomic E-state index is 0. The van der Waals surface area contributed by atoms with E-state index in [1.165, 1.54) is 0 Å². The molecule has 0 aromatic rings. The number of hydrogen-bond donors (Lipinski definition) is 0. The summed E-state index contributed by atoms with van der Waals surface area (Å²) in [6, 6.07) is 0. The third-order valence-electron chi connectivity index (χ3n) is 0.773. The van der Waals surface area contributed by atoms with Crippen molar-refractivity contribution < 1.29 is 0 Å². The lowest BCUT2D eigenvalue weighted by Crippen LogP contribution is -1.58. The molecule has 0 saturated heterocycles. The molecule has 0 aliphatic carbocycles. The fourth-order valence-corrected chi connectivity index (χ4v) is 0.381. The Morgan fingerprint density at radius 2 is 1.70 bits per heavy atom. The van der Waals surface area contributed by atoms with Gasteiger partial charge in [0.15, 0.2) is 0 Å². The summed E-state index contributed by atoms with van der Waals surface area (Å²) in [5.74, 6) is 0. The van der Waals surface area contributed by atoms with E-state index in [1.807, 2.05) is 26.8 Å². The summed E-state index contributed by atoms with van der Waals surface area (Å²) in [7, 11) is 0. The molecule has 0 fully saturated rings. The van der Waals surface area contributed by atoms with Crippen LogP contribution in [-0.4, -0.2) is 0 Å². The molecule has 1 heteroatoms. The first kappa shape index (κ1) is 16.4. The third-order valence-corrected chi connectivity index (χ3v) is 0.773. The minimum Gasteiger partial charge on any atom is -0.147 e. The van der Waals surface area contributed by atoms with Crippen LogP contribution in [0.3, 0.4) is 0 Å². The first-order valence-corrected chi connectivity index (χ1v) is 3.64. The number of rotatable bonds is 3. The Morgan fingerprint density at radius 1 is 1.20 bits per heavy atom. The van der Waals surface area contributed by atoms with Crippen molar-refractivity contribution in [3.8, 4) is 0 Å². The highest BCUT2D eigenvalue weighted by atomic mass is 35.5. The highest BCUT2D eigenvalue weighted by molar-refractivity contribution is 5.85. The smallest absolute Gasteiger partial charge is 0.0316 e. The second-order valence-electron chi connectivity index (χ2n) is 1.44. The lowest BCUT2D eigenvalue weighted by Gasteiger charge is -1.79. The lowest BCUT2D eigenvalue weighted by molar-refractivity contribution is 1.05. The first-order valence-electron chi connectivity index (χ1n) is 3.64. The maximum Gasteiger partial charge on any atom is -0.0316 e. The fourth-order valence-electron chi connectivity index (χ4n) is 0.381. The Hall–Kier alpha value is -0.230. The summed E-state index contributed by atoms with van der Waals surface area (Å²) in [4.78, 5) is 0. The van der Waals surface area contributed by atoms with Crippen LogP contribution in [0, 0.1) is 0 Å². The van der Waals surface area contributed by atoms with Crippen molar-refractivity contribution in [1.29, 1.82) is 0 Å². The zero-order valence-electron chi connectivity index (χ0n) is 7.26. The molecule has 0 aromatic heterocycles. The molecular weight excluding hydrogens is 144 g/mol. The molecular formula is C9H19Cl. The number of allylic oxidation sites excluding steroid dienone is 3. The van der Waals surface area contributed by atoms with Gasteiger partial charge in [-0.05, 0) is 19.8 Å². The summed E-state index contributed by atoms with van der Waals surface area (Å²) in [5.41, 5.74) is 0. The molecule has 0 rings (SSSR count). The third kappa shape index (κ3) is 25.1. The average Bonchev–Trinajstić information content (AvgIpc) is 1.94. The van der Waals surface area contributed by atoms with E-state index in [1.54, 1.807) is 0 Å². The van der Waals surface area contributed by atoms with Crippen molar-refractivity contribution >= 4 is 12.4 Å². The zero-order chi connectivity index (χ0) is 7.54. The van der Waals surface area contributed by atoms with Crippen LogP contribution in [0.2, 0.25) is 0 Å². The van der Waals surface area contributed by atoms with Gasteiger partial charge in [0.2, 0.25) is 0 Å². The molecule has 0 bridgehead atoms. The van der Waals surface area contributed by atoms with Gasteiger partial charge in [-0.3, -0.25) is 0 Å². The van der Waals surface area contributed by atoms with Crippen LogP contribution in [-0.2, 0) is 0 Å². The van der Waals surface area contributed by atoms with Crippen LogP contribution in [0.4, 0.5) is 0 Å². The predicted molar refractivity (Wildman–Crippen MR) is 52.8 cm³/mol. The normalized spacial score (nSPS) is 7.50. The standard InChI is InChI=1S/C7H12.C2H6.ClH/c1-3-5-7-6-4-2;1-2;/h3-4,6H,1,5,7H2,2H3;1-2H3;1H/b6-4-;;. The minimum atomic E-state index is 0. The van der Waals surface area contributed by atoms with Crippen LogP contribution in [0.15, 0.2) is 24.8 Å². The van der Waals surface area contributed by atoms with Gasteiger partial charge in [0.25, 0.3) is 0 Å². The molecule has 0 atom stereocenters.